The highest BCUT2D eigenvalue weighted by Crippen LogP contribution is 2.08. The van der Waals surface area contributed by atoms with Gasteiger partial charge in [-0.05, 0) is 18.6 Å². The van der Waals surface area contributed by atoms with Crippen LogP contribution in [-0.4, -0.2) is 10.8 Å². The van der Waals surface area contributed by atoms with Crippen LogP contribution in [0.5, 0.6) is 0 Å². The minimum atomic E-state index is -0.466. The normalized spacial score (nSPS) is 13.0. The molecule has 1 atom stereocenters. The Hall–Kier alpha value is -1.09. The average molecular weight is 138 g/mol. The summed E-state index contributed by atoms with van der Waals surface area (Å²) >= 11 is 0. The highest BCUT2D eigenvalue weighted by molar-refractivity contribution is 5.82. The van der Waals surface area contributed by atoms with Crippen LogP contribution in [0.1, 0.15) is 18.5 Å². The fourth-order valence-corrected chi connectivity index (χ4v) is 0.765. The molecule has 0 saturated heterocycles. The lowest BCUT2D eigenvalue weighted by Gasteiger charge is -2.02. The second-order valence-electron chi connectivity index (χ2n) is 2.23. The lowest BCUT2D eigenvalue weighted by atomic mass is 10.1. The standard InChI is InChI=1S/C7H10N2O/c1-5(10)7(8)6-2-3-9-4-6/h2-4,7,9H,8H2,1H3. The molecule has 0 aliphatic rings. The van der Waals surface area contributed by atoms with Gasteiger partial charge in [0.1, 0.15) is 0 Å². The van der Waals surface area contributed by atoms with Crippen molar-refractivity contribution in [1.29, 1.82) is 0 Å². The molecule has 3 nitrogen and oxygen atoms in total. The van der Waals surface area contributed by atoms with Crippen LogP contribution in [0.4, 0.5) is 0 Å². The van der Waals surface area contributed by atoms with Crippen molar-refractivity contribution in [2.24, 2.45) is 5.73 Å². The van der Waals surface area contributed by atoms with Crippen LogP contribution in [0.15, 0.2) is 18.5 Å². The van der Waals surface area contributed by atoms with E-state index < -0.39 is 6.04 Å². The largest absolute Gasteiger partial charge is 0.367 e. The third-order valence-corrected chi connectivity index (χ3v) is 1.42. The topological polar surface area (TPSA) is 58.9 Å². The molecule has 0 radical (unpaired) electrons. The first-order chi connectivity index (χ1) is 4.72. The van der Waals surface area contributed by atoms with Gasteiger partial charge in [0.25, 0.3) is 0 Å². The number of nitrogens with one attached hydrogen (secondary N) is 1. The van der Waals surface area contributed by atoms with Gasteiger partial charge in [-0.25, -0.2) is 0 Å². The van der Waals surface area contributed by atoms with E-state index in [1.54, 1.807) is 18.5 Å². The van der Waals surface area contributed by atoms with E-state index in [2.05, 4.69) is 4.98 Å². The highest BCUT2D eigenvalue weighted by Gasteiger charge is 2.09. The Balaban J connectivity index is 2.77. The molecule has 0 spiro atoms. The third-order valence-electron chi connectivity index (χ3n) is 1.42. The molecule has 0 saturated carbocycles. The Morgan fingerprint density at radius 3 is 2.90 bits per heavy atom. The molecule has 0 fully saturated rings. The van der Waals surface area contributed by atoms with E-state index in [4.69, 9.17) is 5.73 Å². The molecule has 1 heterocycles. The van der Waals surface area contributed by atoms with Crippen LogP contribution >= 0.6 is 0 Å². The Morgan fingerprint density at radius 2 is 2.50 bits per heavy atom. The van der Waals surface area contributed by atoms with Gasteiger partial charge >= 0.3 is 0 Å². The van der Waals surface area contributed by atoms with Gasteiger partial charge < -0.3 is 10.7 Å². The number of hydrogen-bond donors (Lipinski definition) is 2. The monoisotopic (exact) mass is 138 g/mol. The number of Topliss-reactive ketones (excluding diaryl/α,β-unsaturated/α-hetero) is 1. The van der Waals surface area contributed by atoms with Crippen LogP contribution < -0.4 is 5.73 Å². The third kappa shape index (κ3) is 1.25. The van der Waals surface area contributed by atoms with Crippen molar-refractivity contribution in [3.63, 3.8) is 0 Å². The van der Waals surface area contributed by atoms with Crippen LogP contribution in [0.3, 0.4) is 0 Å². The Kier molecular flexibility index (Phi) is 1.87. The average Bonchev–Trinajstić information content (AvgIpc) is 2.36. The number of H-pyrrole nitrogens is 1. The van der Waals surface area contributed by atoms with Gasteiger partial charge in [-0.15, -0.1) is 0 Å². The lowest BCUT2D eigenvalue weighted by molar-refractivity contribution is -0.118. The zero-order chi connectivity index (χ0) is 7.56. The molecule has 0 bridgehead atoms. The number of nitrogens with two attached hydrogens (primary N) is 1. The van der Waals surface area contributed by atoms with Crippen LogP contribution in [0.25, 0.3) is 0 Å². The smallest absolute Gasteiger partial charge is 0.151 e. The van der Waals surface area contributed by atoms with Gasteiger partial charge in [-0.2, -0.15) is 0 Å². The van der Waals surface area contributed by atoms with Crippen molar-refractivity contribution in [3.8, 4) is 0 Å². The van der Waals surface area contributed by atoms with Crippen molar-refractivity contribution in [2.75, 3.05) is 0 Å². The molecular formula is C7H10N2O. The van der Waals surface area contributed by atoms with E-state index in [0.29, 0.717) is 0 Å². The quantitative estimate of drug-likeness (QED) is 0.628. The predicted molar refractivity (Wildman–Crippen MR) is 38.4 cm³/mol. The van der Waals surface area contributed by atoms with Crippen molar-refractivity contribution in [2.45, 2.75) is 13.0 Å². The zero-order valence-electron chi connectivity index (χ0n) is 5.79. The number of aromatic nitrogens is 1. The Morgan fingerprint density at radius 1 is 1.80 bits per heavy atom. The number of hydrogen-bond acceptors (Lipinski definition) is 2. The van der Waals surface area contributed by atoms with E-state index in [-0.39, 0.29) is 5.78 Å². The predicted octanol–water partition coefficient (Wildman–Crippen LogP) is 0.603. The maximum atomic E-state index is 10.7. The van der Waals surface area contributed by atoms with Gasteiger partial charge in [0.05, 0.1) is 6.04 Å². The number of aromatic amines is 1. The number of ketones is 1. The zero-order valence-corrected chi connectivity index (χ0v) is 5.79. The van der Waals surface area contributed by atoms with Gasteiger partial charge in [-0.3, -0.25) is 4.79 Å². The molecule has 1 rings (SSSR count). The van der Waals surface area contributed by atoms with Crippen LogP contribution in [-0.2, 0) is 4.79 Å². The summed E-state index contributed by atoms with van der Waals surface area (Å²) in [5, 5.41) is 0. The Labute approximate surface area is 59.2 Å². The summed E-state index contributed by atoms with van der Waals surface area (Å²) in [7, 11) is 0. The molecule has 3 N–H and O–H groups in total. The summed E-state index contributed by atoms with van der Waals surface area (Å²) in [4.78, 5) is 13.5. The first-order valence-corrected chi connectivity index (χ1v) is 3.10. The highest BCUT2D eigenvalue weighted by atomic mass is 16.1. The molecule has 1 unspecified atom stereocenters. The van der Waals surface area contributed by atoms with Crippen LogP contribution in [0.2, 0.25) is 0 Å². The molecule has 10 heavy (non-hydrogen) atoms. The van der Waals surface area contributed by atoms with Gasteiger partial charge in [0.15, 0.2) is 5.78 Å². The van der Waals surface area contributed by atoms with Gasteiger partial charge in [0, 0.05) is 12.4 Å². The molecule has 0 amide bonds. The molecule has 1 aromatic heterocycles. The molecule has 0 aromatic carbocycles. The van der Waals surface area contributed by atoms with Crippen molar-refractivity contribution >= 4 is 5.78 Å². The first kappa shape index (κ1) is 7.02. The number of carbonyl (C=O) groups is 1. The maximum Gasteiger partial charge on any atom is 0.151 e. The van der Waals surface area contributed by atoms with E-state index in [0.717, 1.165) is 5.56 Å². The molecule has 54 valence electrons. The Bertz CT molecular complexity index is 216. The van der Waals surface area contributed by atoms with Gasteiger partial charge in [-0.1, -0.05) is 0 Å². The second kappa shape index (κ2) is 2.66. The van der Waals surface area contributed by atoms with E-state index in [1.165, 1.54) is 6.92 Å². The second-order valence-corrected chi connectivity index (χ2v) is 2.23. The summed E-state index contributed by atoms with van der Waals surface area (Å²) in [5.41, 5.74) is 6.35. The fraction of sp³-hybridized carbons (Fsp3) is 0.286. The SMILES string of the molecule is CC(=O)C(N)c1cc[nH]c1. The van der Waals surface area contributed by atoms with Crippen LogP contribution in [0, 0.1) is 0 Å². The number of rotatable bonds is 2. The van der Waals surface area contributed by atoms with Crippen molar-refractivity contribution in [1.82, 2.24) is 4.98 Å². The minimum absolute atomic E-state index is 0.0143. The number of carbonyl (C=O) groups excluding carboxylic acids is 1. The molecule has 0 aliphatic heterocycles. The first-order valence-electron chi connectivity index (χ1n) is 3.10. The summed E-state index contributed by atoms with van der Waals surface area (Å²) in [6.07, 6.45) is 3.48. The molecule has 3 heteroatoms. The molecule has 1 aromatic rings. The summed E-state index contributed by atoms with van der Waals surface area (Å²) in [5.74, 6) is -0.0143. The van der Waals surface area contributed by atoms with E-state index in [1.807, 2.05) is 0 Å². The van der Waals surface area contributed by atoms with E-state index in [9.17, 15) is 4.79 Å². The molecule has 0 aliphatic carbocycles. The minimum Gasteiger partial charge on any atom is -0.367 e. The lowest BCUT2D eigenvalue weighted by Crippen LogP contribution is -2.17. The van der Waals surface area contributed by atoms with E-state index >= 15 is 0 Å². The van der Waals surface area contributed by atoms with Crippen molar-refractivity contribution < 1.29 is 4.79 Å². The summed E-state index contributed by atoms with van der Waals surface area (Å²) in [6, 6.07) is 1.33. The molecular weight excluding hydrogens is 128 g/mol. The van der Waals surface area contributed by atoms with Crippen molar-refractivity contribution in [3.05, 3.63) is 24.0 Å². The fourth-order valence-electron chi connectivity index (χ4n) is 0.765. The summed E-state index contributed by atoms with van der Waals surface area (Å²) < 4.78 is 0. The van der Waals surface area contributed by atoms with Gasteiger partial charge in [0.2, 0.25) is 0 Å². The summed E-state index contributed by atoms with van der Waals surface area (Å²) in [6.45, 7) is 1.48. The maximum absolute atomic E-state index is 10.7.